The minimum Gasteiger partial charge on any atom is -0.331 e. The highest BCUT2D eigenvalue weighted by atomic mass is 35.5. The van der Waals surface area contributed by atoms with Crippen LogP contribution in [0.1, 0.15) is 21.7 Å². The lowest BCUT2D eigenvalue weighted by Gasteiger charge is -2.27. The van der Waals surface area contributed by atoms with Gasteiger partial charge >= 0.3 is 0 Å². The lowest BCUT2D eigenvalue weighted by atomic mass is 10.1. The van der Waals surface area contributed by atoms with Gasteiger partial charge in [0.2, 0.25) is 0 Å². The van der Waals surface area contributed by atoms with E-state index in [1.807, 2.05) is 42.5 Å². The number of benzene rings is 2. The van der Waals surface area contributed by atoms with Crippen LogP contribution in [0.3, 0.4) is 0 Å². The van der Waals surface area contributed by atoms with Gasteiger partial charge in [-0.2, -0.15) is 5.10 Å². The summed E-state index contributed by atoms with van der Waals surface area (Å²) < 4.78 is 1.44. The van der Waals surface area contributed by atoms with Crippen LogP contribution in [0, 0.1) is 0 Å². The second kappa shape index (κ2) is 7.06. The first kappa shape index (κ1) is 18.8. The van der Waals surface area contributed by atoms with E-state index in [4.69, 9.17) is 16.6 Å². The monoisotopic (exact) mass is 444 g/mol. The lowest BCUT2D eigenvalue weighted by Crippen LogP contribution is -2.40. The van der Waals surface area contributed by atoms with E-state index in [2.05, 4.69) is 15.3 Å². The first-order valence-electron chi connectivity index (χ1n) is 10.2. The number of fused-ring (bicyclic) bond motifs is 3. The van der Waals surface area contributed by atoms with Gasteiger partial charge in [0.1, 0.15) is 0 Å². The van der Waals surface area contributed by atoms with Crippen molar-refractivity contribution in [3.8, 4) is 11.3 Å². The van der Waals surface area contributed by atoms with E-state index < -0.39 is 0 Å². The molecule has 32 heavy (non-hydrogen) atoms. The molecule has 2 N–H and O–H groups in total. The van der Waals surface area contributed by atoms with Crippen molar-refractivity contribution in [1.82, 2.24) is 29.7 Å². The van der Waals surface area contributed by atoms with Gasteiger partial charge < -0.3 is 4.90 Å². The van der Waals surface area contributed by atoms with E-state index in [9.17, 15) is 9.59 Å². The van der Waals surface area contributed by atoms with E-state index in [0.29, 0.717) is 46.3 Å². The van der Waals surface area contributed by atoms with E-state index in [1.165, 1.54) is 4.52 Å². The summed E-state index contributed by atoms with van der Waals surface area (Å²) in [5, 5.41) is 11.6. The summed E-state index contributed by atoms with van der Waals surface area (Å²) in [7, 11) is 0. The van der Waals surface area contributed by atoms with Crippen LogP contribution in [0.15, 0.2) is 59.4 Å². The summed E-state index contributed by atoms with van der Waals surface area (Å²) in [6.07, 6.45) is 0.429. The molecule has 0 fully saturated rings. The highest BCUT2D eigenvalue weighted by Gasteiger charge is 2.28. The van der Waals surface area contributed by atoms with Gasteiger partial charge in [0, 0.05) is 34.1 Å². The van der Waals surface area contributed by atoms with Crippen molar-refractivity contribution in [2.24, 2.45) is 0 Å². The van der Waals surface area contributed by atoms with Gasteiger partial charge in [-0.1, -0.05) is 48.0 Å². The fourth-order valence-corrected chi connectivity index (χ4v) is 4.50. The molecule has 0 unspecified atom stereocenters. The number of aromatic nitrogens is 5. The van der Waals surface area contributed by atoms with E-state index in [0.717, 1.165) is 16.5 Å². The summed E-state index contributed by atoms with van der Waals surface area (Å²) in [5.74, 6) is -0.180. The summed E-state index contributed by atoms with van der Waals surface area (Å²) in [4.78, 5) is 32.7. The van der Waals surface area contributed by atoms with Gasteiger partial charge in [-0.25, -0.2) is 9.50 Å². The molecule has 0 saturated heterocycles. The zero-order valence-electron chi connectivity index (χ0n) is 16.8. The minimum absolute atomic E-state index is 0.152. The largest absolute Gasteiger partial charge is 0.331 e. The Bertz CT molecular complexity index is 1580. The number of nitrogens with one attached hydrogen (secondary N) is 2. The third-order valence-corrected chi connectivity index (χ3v) is 6.22. The molecule has 9 heteroatoms. The van der Waals surface area contributed by atoms with Crippen LogP contribution in [0.2, 0.25) is 5.02 Å². The van der Waals surface area contributed by atoms with Gasteiger partial charge in [-0.3, -0.25) is 19.8 Å². The molecule has 1 amide bonds. The van der Waals surface area contributed by atoms with Gasteiger partial charge in [-0.05, 0) is 18.6 Å². The topological polar surface area (TPSA) is 99.2 Å². The number of H-pyrrole nitrogens is 2. The Balaban J connectivity index is 1.38. The van der Waals surface area contributed by atoms with Crippen LogP contribution in [-0.4, -0.2) is 42.1 Å². The Labute approximate surface area is 186 Å². The Kier molecular flexibility index (Phi) is 4.16. The number of amides is 1. The number of carbonyl (C=O) groups excluding carboxylic acids is 1. The fourth-order valence-electron chi connectivity index (χ4n) is 4.26. The number of hydrogen-bond donors (Lipinski definition) is 2. The molecule has 3 aromatic heterocycles. The number of rotatable bonds is 2. The first-order valence-corrected chi connectivity index (χ1v) is 10.6. The zero-order chi connectivity index (χ0) is 21.8. The highest BCUT2D eigenvalue weighted by molar-refractivity contribution is 6.33. The zero-order valence-corrected chi connectivity index (χ0v) is 17.6. The van der Waals surface area contributed by atoms with E-state index in [1.54, 1.807) is 17.0 Å². The number of para-hydroxylation sites is 1. The molecule has 0 spiro atoms. The summed E-state index contributed by atoms with van der Waals surface area (Å²) in [6, 6.07) is 16.7. The molecule has 0 radical (unpaired) electrons. The summed E-state index contributed by atoms with van der Waals surface area (Å²) >= 11 is 6.32. The molecular formula is C23H17ClN6O2. The van der Waals surface area contributed by atoms with Gasteiger partial charge in [0.25, 0.3) is 11.5 Å². The molecule has 1 aliphatic heterocycles. The smallest absolute Gasteiger partial charge is 0.276 e. The molecule has 4 heterocycles. The normalized spacial score (nSPS) is 13.6. The number of nitrogens with zero attached hydrogens (tertiary/aromatic N) is 4. The average molecular weight is 445 g/mol. The van der Waals surface area contributed by atoms with Crippen LogP contribution < -0.4 is 5.56 Å². The molecule has 2 aromatic carbocycles. The van der Waals surface area contributed by atoms with Crippen LogP contribution in [0.25, 0.3) is 27.8 Å². The molecule has 1 aliphatic rings. The van der Waals surface area contributed by atoms with Crippen molar-refractivity contribution < 1.29 is 4.79 Å². The van der Waals surface area contributed by atoms with Gasteiger partial charge in [0.15, 0.2) is 11.3 Å². The number of aromatic amines is 2. The minimum atomic E-state index is -0.180. The molecule has 0 bridgehead atoms. The van der Waals surface area contributed by atoms with Crippen molar-refractivity contribution in [3.05, 3.63) is 86.9 Å². The summed E-state index contributed by atoms with van der Waals surface area (Å²) in [6.45, 7) is 0.682. The van der Waals surface area contributed by atoms with Crippen LogP contribution in [0.5, 0.6) is 0 Å². The maximum absolute atomic E-state index is 13.2. The predicted molar refractivity (Wildman–Crippen MR) is 121 cm³/mol. The standard InChI is InChI=1S/C23H17ClN6O2/c24-16-7-3-1-5-13(16)18-11-20-25-19-12-29(10-9-15(19)22(31)30(20)28-18)23(32)21-14-6-2-4-8-17(14)26-27-21/h1-8,11,28H,9-10,12H2,(H,26,27). The van der Waals surface area contributed by atoms with E-state index in [-0.39, 0.29) is 18.0 Å². The Morgan fingerprint density at radius 1 is 1.09 bits per heavy atom. The molecule has 0 saturated carbocycles. The van der Waals surface area contributed by atoms with Gasteiger partial charge in [0.05, 0.1) is 23.4 Å². The van der Waals surface area contributed by atoms with Gasteiger partial charge in [-0.15, -0.1) is 0 Å². The molecule has 0 aliphatic carbocycles. The molecular weight excluding hydrogens is 428 g/mol. The lowest BCUT2D eigenvalue weighted by molar-refractivity contribution is 0.0727. The van der Waals surface area contributed by atoms with Crippen molar-refractivity contribution in [2.45, 2.75) is 13.0 Å². The number of carbonyl (C=O) groups is 1. The van der Waals surface area contributed by atoms with Crippen molar-refractivity contribution in [3.63, 3.8) is 0 Å². The van der Waals surface area contributed by atoms with Crippen molar-refractivity contribution >= 4 is 34.1 Å². The average Bonchev–Trinajstić information content (AvgIpc) is 3.43. The third kappa shape index (κ3) is 2.84. The van der Waals surface area contributed by atoms with Crippen LogP contribution in [-0.2, 0) is 13.0 Å². The number of halogens is 1. The summed E-state index contributed by atoms with van der Waals surface area (Å²) in [5.41, 5.74) is 4.25. The maximum Gasteiger partial charge on any atom is 0.276 e. The quantitative estimate of drug-likeness (QED) is 0.435. The highest BCUT2D eigenvalue weighted by Crippen LogP contribution is 2.27. The second-order valence-electron chi connectivity index (χ2n) is 7.78. The first-order chi connectivity index (χ1) is 15.6. The van der Waals surface area contributed by atoms with Crippen LogP contribution >= 0.6 is 11.6 Å². The number of hydrogen-bond acceptors (Lipinski definition) is 4. The second-order valence-corrected chi connectivity index (χ2v) is 8.19. The molecule has 158 valence electrons. The Morgan fingerprint density at radius 3 is 2.78 bits per heavy atom. The molecule has 8 nitrogen and oxygen atoms in total. The predicted octanol–water partition coefficient (Wildman–Crippen LogP) is 3.42. The van der Waals surface area contributed by atoms with E-state index >= 15 is 0 Å². The van der Waals surface area contributed by atoms with Crippen molar-refractivity contribution in [1.29, 1.82) is 0 Å². The molecule has 0 atom stereocenters. The van der Waals surface area contributed by atoms with Crippen molar-refractivity contribution in [2.75, 3.05) is 6.54 Å². The Morgan fingerprint density at radius 2 is 1.91 bits per heavy atom. The molecule has 5 aromatic rings. The molecule has 6 rings (SSSR count). The third-order valence-electron chi connectivity index (χ3n) is 5.89. The fraction of sp³-hybridized carbons (Fsp3) is 0.130. The SMILES string of the molecule is O=C(c1n[nH]c2ccccc12)N1CCc2c(nc3cc(-c4ccccc4Cl)[nH]n3c2=O)C1. The van der Waals surface area contributed by atoms with Crippen LogP contribution in [0.4, 0.5) is 0 Å². The maximum atomic E-state index is 13.2. The Hall–Kier alpha value is -3.91.